The van der Waals surface area contributed by atoms with Gasteiger partial charge < -0.3 is 10.2 Å². The number of rotatable bonds is 1. The van der Waals surface area contributed by atoms with Crippen LogP contribution in [-0.2, 0) is 13.0 Å². The highest BCUT2D eigenvalue weighted by Crippen LogP contribution is 2.50. The molecule has 4 heteroatoms. The van der Waals surface area contributed by atoms with Gasteiger partial charge in [0.15, 0.2) is 0 Å². The second-order valence-electron chi connectivity index (χ2n) is 6.29. The lowest BCUT2D eigenvalue weighted by molar-refractivity contribution is 0.223. The number of thiophene rings is 1. The lowest BCUT2D eigenvalue weighted by Gasteiger charge is -2.49. The lowest BCUT2D eigenvalue weighted by atomic mass is 9.78. The molecule has 3 heterocycles. The largest absolute Gasteiger partial charge is 0.361 e. The van der Waals surface area contributed by atoms with Gasteiger partial charge in [-0.2, -0.15) is 5.26 Å². The first-order valence-corrected chi connectivity index (χ1v) is 8.13. The van der Waals surface area contributed by atoms with Crippen molar-refractivity contribution < 1.29 is 0 Å². The van der Waals surface area contributed by atoms with Crippen LogP contribution in [0.5, 0.6) is 0 Å². The Balaban J connectivity index is 1.62. The molecule has 1 saturated heterocycles. The van der Waals surface area contributed by atoms with Crippen LogP contribution in [-0.4, -0.2) is 19.6 Å². The van der Waals surface area contributed by atoms with Crippen LogP contribution in [0.3, 0.4) is 0 Å². The van der Waals surface area contributed by atoms with Crippen molar-refractivity contribution in [3.8, 4) is 6.07 Å². The lowest BCUT2D eigenvalue weighted by Crippen LogP contribution is -2.55. The van der Waals surface area contributed by atoms with E-state index in [-0.39, 0.29) is 0 Å². The third-order valence-electron chi connectivity index (χ3n) is 5.03. The second kappa shape index (κ2) is 4.22. The van der Waals surface area contributed by atoms with Gasteiger partial charge in [-0.25, -0.2) is 0 Å². The zero-order chi connectivity index (χ0) is 12.9. The van der Waals surface area contributed by atoms with Crippen LogP contribution in [0.4, 0.5) is 5.00 Å². The van der Waals surface area contributed by atoms with Gasteiger partial charge in [0.25, 0.3) is 0 Å². The summed E-state index contributed by atoms with van der Waals surface area (Å²) in [5, 5.41) is 14.2. The number of anilines is 1. The predicted octanol–water partition coefficient (Wildman–Crippen LogP) is 2.65. The Morgan fingerprint density at radius 1 is 1.26 bits per heavy atom. The molecule has 2 aliphatic heterocycles. The maximum Gasteiger partial charge on any atom is 0.110 e. The van der Waals surface area contributed by atoms with Crippen molar-refractivity contribution in [3.63, 3.8) is 0 Å². The van der Waals surface area contributed by atoms with E-state index in [9.17, 15) is 5.26 Å². The number of nitrogens with one attached hydrogen (secondary N) is 1. The van der Waals surface area contributed by atoms with Crippen LogP contribution in [0.1, 0.15) is 41.7 Å². The fourth-order valence-electron chi connectivity index (χ4n) is 4.01. The average Bonchev–Trinajstić information content (AvgIpc) is 3.01. The van der Waals surface area contributed by atoms with Gasteiger partial charge in [-0.1, -0.05) is 12.8 Å². The van der Waals surface area contributed by atoms with E-state index in [2.05, 4.69) is 16.3 Å². The normalized spacial score (nSPS) is 24.1. The summed E-state index contributed by atoms with van der Waals surface area (Å²) in [6.45, 7) is 4.35. The van der Waals surface area contributed by atoms with Crippen molar-refractivity contribution >= 4 is 16.3 Å². The van der Waals surface area contributed by atoms with Gasteiger partial charge in [0.1, 0.15) is 11.1 Å². The molecule has 1 aromatic rings. The summed E-state index contributed by atoms with van der Waals surface area (Å²) in [7, 11) is 0. The maximum absolute atomic E-state index is 9.50. The highest BCUT2D eigenvalue weighted by atomic mass is 32.1. The fourth-order valence-corrected chi connectivity index (χ4v) is 5.27. The molecular formula is C15H19N3S. The zero-order valence-corrected chi connectivity index (χ0v) is 12.0. The SMILES string of the molecule is N#Cc1c(N2CC3(CCCC3)C2)sc2c1CCNC2. The van der Waals surface area contributed by atoms with E-state index in [1.807, 2.05) is 11.3 Å². The third-order valence-corrected chi connectivity index (χ3v) is 6.32. The average molecular weight is 273 g/mol. The Morgan fingerprint density at radius 3 is 2.79 bits per heavy atom. The van der Waals surface area contributed by atoms with Crippen LogP contribution in [0, 0.1) is 16.7 Å². The summed E-state index contributed by atoms with van der Waals surface area (Å²) >= 11 is 1.85. The monoisotopic (exact) mass is 273 g/mol. The molecule has 0 amide bonds. The van der Waals surface area contributed by atoms with Gasteiger partial charge in [-0.3, -0.25) is 0 Å². The number of nitriles is 1. The van der Waals surface area contributed by atoms with Crippen molar-refractivity contribution in [2.45, 2.75) is 38.6 Å². The van der Waals surface area contributed by atoms with Gasteiger partial charge in [0.2, 0.25) is 0 Å². The van der Waals surface area contributed by atoms with Crippen LogP contribution in [0.2, 0.25) is 0 Å². The van der Waals surface area contributed by atoms with Gasteiger partial charge in [0.05, 0.1) is 5.56 Å². The fraction of sp³-hybridized carbons (Fsp3) is 0.667. The first kappa shape index (κ1) is 11.7. The topological polar surface area (TPSA) is 39.1 Å². The summed E-state index contributed by atoms with van der Waals surface area (Å²) in [6, 6.07) is 2.47. The predicted molar refractivity (Wildman–Crippen MR) is 77.6 cm³/mol. The Morgan fingerprint density at radius 2 is 2.05 bits per heavy atom. The molecule has 0 bridgehead atoms. The molecule has 1 N–H and O–H groups in total. The van der Waals surface area contributed by atoms with Gasteiger partial charge in [-0.15, -0.1) is 11.3 Å². The minimum Gasteiger partial charge on any atom is -0.361 e. The molecule has 19 heavy (non-hydrogen) atoms. The quantitative estimate of drug-likeness (QED) is 0.855. The van der Waals surface area contributed by atoms with Gasteiger partial charge in [-0.05, 0) is 31.4 Å². The van der Waals surface area contributed by atoms with Crippen molar-refractivity contribution in [1.82, 2.24) is 5.32 Å². The van der Waals surface area contributed by atoms with E-state index >= 15 is 0 Å². The molecule has 1 spiro atoms. The molecule has 1 saturated carbocycles. The van der Waals surface area contributed by atoms with E-state index < -0.39 is 0 Å². The first-order chi connectivity index (χ1) is 9.31. The Labute approximate surface area is 118 Å². The number of hydrogen-bond acceptors (Lipinski definition) is 4. The third kappa shape index (κ3) is 1.72. The molecule has 2 fully saturated rings. The highest BCUT2D eigenvalue weighted by Gasteiger charge is 2.46. The molecule has 0 radical (unpaired) electrons. The van der Waals surface area contributed by atoms with E-state index in [0.29, 0.717) is 5.41 Å². The maximum atomic E-state index is 9.50. The van der Waals surface area contributed by atoms with Gasteiger partial charge in [0, 0.05) is 29.9 Å². The summed E-state index contributed by atoms with van der Waals surface area (Å²) in [6.07, 6.45) is 6.64. The van der Waals surface area contributed by atoms with E-state index in [0.717, 1.165) is 25.1 Å². The molecule has 0 unspecified atom stereocenters. The molecule has 1 aliphatic carbocycles. The first-order valence-electron chi connectivity index (χ1n) is 7.32. The molecule has 3 aliphatic rings. The summed E-state index contributed by atoms with van der Waals surface area (Å²) < 4.78 is 0. The van der Waals surface area contributed by atoms with Crippen molar-refractivity contribution in [2.75, 3.05) is 24.5 Å². The zero-order valence-electron chi connectivity index (χ0n) is 11.2. The number of nitrogens with zero attached hydrogens (tertiary/aromatic N) is 2. The Kier molecular flexibility index (Phi) is 2.61. The molecule has 0 aromatic carbocycles. The molecule has 0 atom stereocenters. The summed E-state index contributed by atoms with van der Waals surface area (Å²) in [5.74, 6) is 0. The number of hydrogen-bond donors (Lipinski definition) is 1. The highest BCUT2D eigenvalue weighted by molar-refractivity contribution is 7.16. The minimum atomic E-state index is 0.607. The Hall–Kier alpha value is -1.05. The summed E-state index contributed by atoms with van der Waals surface area (Å²) in [5.41, 5.74) is 2.91. The minimum absolute atomic E-state index is 0.607. The van der Waals surface area contributed by atoms with Crippen molar-refractivity contribution in [3.05, 3.63) is 16.0 Å². The number of fused-ring (bicyclic) bond motifs is 1. The molecule has 100 valence electrons. The molecular weight excluding hydrogens is 254 g/mol. The van der Waals surface area contributed by atoms with Crippen LogP contribution >= 0.6 is 11.3 Å². The van der Waals surface area contributed by atoms with E-state index in [1.165, 1.54) is 54.2 Å². The standard InChI is InChI=1S/C15H19N3S/c16-7-12-11-3-6-17-8-13(11)19-14(12)18-9-15(10-18)4-1-2-5-15/h17H,1-6,8-10H2. The van der Waals surface area contributed by atoms with Gasteiger partial charge >= 0.3 is 0 Å². The smallest absolute Gasteiger partial charge is 0.110 e. The Bertz CT molecular complexity index is 540. The van der Waals surface area contributed by atoms with Crippen LogP contribution < -0.4 is 10.2 Å². The van der Waals surface area contributed by atoms with Crippen LogP contribution in [0.15, 0.2) is 0 Å². The van der Waals surface area contributed by atoms with Crippen molar-refractivity contribution in [2.24, 2.45) is 5.41 Å². The van der Waals surface area contributed by atoms with E-state index in [4.69, 9.17) is 0 Å². The molecule has 4 rings (SSSR count). The van der Waals surface area contributed by atoms with Crippen molar-refractivity contribution in [1.29, 1.82) is 5.26 Å². The molecule has 1 aromatic heterocycles. The molecule has 3 nitrogen and oxygen atoms in total. The van der Waals surface area contributed by atoms with Crippen LogP contribution in [0.25, 0.3) is 0 Å². The second-order valence-corrected chi connectivity index (χ2v) is 7.37. The summed E-state index contributed by atoms with van der Waals surface area (Å²) in [4.78, 5) is 3.86. The van der Waals surface area contributed by atoms with E-state index in [1.54, 1.807) is 0 Å².